The van der Waals surface area contributed by atoms with Gasteiger partial charge in [0.05, 0.1) is 0 Å². The Morgan fingerprint density at radius 2 is 0.968 bits per heavy atom. The molecule has 2 aliphatic carbocycles. The summed E-state index contributed by atoms with van der Waals surface area (Å²) in [6.45, 7) is 9.15. The minimum absolute atomic E-state index is 0. The average Bonchev–Trinajstić information content (AvgIpc) is 3.31. The Labute approximate surface area is 212 Å². The summed E-state index contributed by atoms with van der Waals surface area (Å²) in [4.78, 5) is 0. The van der Waals surface area contributed by atoms with Crippen molar-refractivity contribution in [3.05, 3.63) is 101 Å². The zero-order chi connectivity index (χ0) is 20.4. The summed E-state index contributed by atoms with van der Waals surface area (Å²) in [5.41, 5.74) is 11.7. The summed E-state index contributed by atoms with van der Waals surface area (Å²) >= 11 is -0.705. The fourth-order valence-electron chi connectivity index (χ4n) is 4.33. The molecule has 0 fully saturated rings. The third-order valence-electron chi connectivity index (χ3n) is 6.38. The van der Waals surface area contributed by atoms with E-state index in [0.29, 0.717) is 0 Å². The van der Waals surface area contributed by atoms with Crippen molar-refractivity contribution < 1.29 is 48.0 Å². The van der Waals surface area contributed by atoms with Gasteiger partial charge in [-0.15, -0.1) is 0 Å². The molecule has 0 heterocycles. The van der Waals surface area contributed by atoms with E-state index in [1.54, 1.807) is 17.7 Å². The molecule has 2 aliphatic rings. The number of hydrogen-bond donors (Lipinski definition) is 0. The van der Waals surface area contributed by atoms with Gasteiger partial charge < -0.3 is 24.8 Å². The van der Waals surface area contributed by atoms with Gasteiger partial charge in [0.2, 0.25) is 0 Å². The second kappa shape index (κ2) is 11.6. The standard InChI is InChI=1S/2C14H15.2ClH.Zr/c2*1-3-12-7-9-13(10-8-12)14-6-4-5-11(14)2;;;/h2*6-10H,3-4H2,1-2H3;2*1H;/q;;;;+2/p-2. The molecule has 0 aliphatic heterocycles. The third kappa shape index (κ3) is 5.62. The van der Waals surface area contributed by atoms with Gasteiger partial charge in [0.1, 0.15) is 0 Å². The molecule has 2 aromatic rings. The van der Waals surface area contributed by atoms with Crippen LogP contribution in [0.4, 0.5) is 0 Å². The molecule has 3 heteroatoms. The first-order chi connectivity index (χ1) is 14.1. The van der Waals surface area contributed by atoms with Crippen LogP contribution in [0.3, 0.4) is 0 Å². The molecule has 0 spiro atoms. The van der Waals surface area contributed by atoms with Gasteiger partial charge in [0, 0.05) is 0 Å². The van der Waals surface area contributed by atoms with E-state index >= 15 is 0 Å². The van der Waals surface area contributed by atoms with Gasteiger partial charge in [0.15, 0.2) is 0 Å². The second-order valence-electron chi connectivity index (χ2n) is 8.08. The first kappa shape index (κ1) is 26.1. The number of rotatable bonds is 6. The smallest absolute Gasteiger partial charge is 1.00 e. The summed E-state index contributed by atoms with van der Waals surface area (Å²) in [5.74, 6) is 0. The van der Waals surface area contributed by atoms with Crippen molar-refractivity contribution in [3.8, 4) is 0 Å². The SMILES string of the molecule is CCc1ccc(C2=CC[C]([Zr+2][C]3=C(C)C(c4ccc(CC)cc4)=CC3)=C2C)cc1.[Cl-].[Cl-]. The van der Waals surface area contributed by atoms with Crippen molar-refractivity contribution in [1.29, 1.82) is 0 Å². The number of hydrogen-bond acceptors (Lipinski definition) is 0. The normalized spacial score (nSPS) is 15.2. The maximum Gasteiger partial charge on any atom is -1.00 e. The van der Waals surface area contributed by atoms with Crippen LogP contribution in [0, 0.1) is 0 Å². The Kier molecular flexibility index (Phi) is 9.81. The van der Waals surface area contributed by atoms with Crippen LogP contribution in [0.1, 0.15) is 62.8 Å². The molecule has 160 valence electrons. The summed E-state index contributed by atoms with van der Waals surface area (Å²) in [6.07, 6.45) is 9.49. The van der Waals surface area contributed by atoms with Crippen LogP contribution in [-0.2, 0) is 36.1 Å². The zero-order valence-corrected chi connectivity index (χ0v) is 22.8. The van der Waals surface area contributed by atoms with Crippen molar-refractivity contribution in [2.45, 2.75) is 53.4 Å². The Morgan fingerprint density at radius 1 is 0.613 bits per heavy atom. The maximum atomic E-state index is 2.47. The van der Waals surface area contributed by atoms with Gasteiger partial charge in [-0.25, -0.2) is 0 Å². The van der Waals surface area contributed by atoms with Crippen molar-refractivity contribution >= 4 is 11.1 Å². The minimum atomic E-state index is -0.705. The average molecular weight is 529 g/mol. The van der Waals surface area contributed by atoms with Crippen LogP contribution in [-0.4, -0.2) is 0 Å². The van der Waals surface area contributed by atoms with Gasteiger partial charge in [-0.3, -0.25) is 0 Å². The van der Waals surface area contributed by atoms with Gasteiger partial charge >= 0.3 is 188 Å². The van der Waals surface area contributed by atoms with E-state index in [1.807, 2.05) is 0 Å². The quantitative estimate of drug-likeness (QED) is 0.536. The molecule has 31 heavy (non-hydrogen) atoms. The second-order valence-corrected chi connectivity index (χ2v) is 11.7. The first-order valence-electron chi connectivity index (χ1n) is 10.9. The number of benzene rings is 2. The van der Waals surface area contributed by atoms with Crippen molar-refractivity contribution in [1.82, 2.24) is 0 Å². The zero-order valence-electron chi connectivity index (χ0n) is 18.9. The molecule has 0 N–H and O–H groups in total. The van der Waals surface area contributed by atoms with Crippen LogP contribution < -0.4 is 24.8 Å². The number of allylic oxidation sites excluding steroid dienone is 8. The monoisotopic (exact) mass is 526 g/mol. The Hall–Kier alpha value is -1.14. The molecular formula is C28H30Cl2Zr. The molecule has 4 rings (SSSR count). The maximum absolute atomic E-state index is 2.47. The van der Waals surface area contributed by atoms with Crippen LogP contribution in [0.15, 0.2) is 78.4 Å². The van der Waals surface area contributed by atoms with Crippen LogP contribution in [0.5, 0.6) is 0 Å². The van der Waals surface area contributed by atoms with Crippen LogP contribution in [0.2, 0.25) is 0 Å². The fourth-order valence-corrected chi connectivity index (χ4v) is 7.81. The van der Waals surface area contributed by atoms with E-state index in [1.165, 1.54) is 46.2 Å². The predicted octanol–water partition coefficient (Wildman–Crippen LogP) is 1.72. The van der Waals surface area contributed by atoms with Crippen molar-refractivity contribution in [2.24, 2.45) is 0 Å². The molecule has 2 aromatic carbocycles. The molecule has 0 nitrogen and oxygen atoms in total. The topological polar surface area (TPSA) is 0 Å². The Balaban J connectivity index is 0.00000171. The van der Waals surface area contributed by atoms with E-state index in [-0.39, 0.29) is 24.8 Å². The van der Waals surface area contributed by atoms with E-state index in [0.717, 1.165) is 12.8 Å². The summed E-state index contributed by atoms with van der Waals surface area (Å²) in [6, 6.07) is 18.4. The summed E-state index contributed by atoms with van der Waals surface area (Å²) in [7, 11) is 0. The van der Waals surface area contributed by atoms with Crippen LogP contribution >= 0.6 is 0 Å². The van der Waals surface area contributed by atoms with Crippen LogP contribution in [0.25, 0.3) is 11.1 Å². The predicted molar refractivity (Wildman–Crippen MR) is 122 cm³/mol. The molecular weight excluding hydrogens is 498 g/mol. The van der Waals surface area contributed by atoms with E-state index in [2.05, 4.69) is 88.4 Å². The molecule has 0 unspecified atom stereocenters. The molecule has 0 aromatic heterocycles. The number of aryl methyl sites for hydroxylation is 2. The largest absolute Gasteiger partial charge is 1.00 e. The summed E-state index contributed by atoms with van der Waals surface area (Å²) < 4.78 is 3.52. The van der Waals surface area contributed by atoms with E-state index in [9.17, 15) is 0 Å². The molecule has 0 atom stereocenters. The molecule has 0 saturated carbocycles. The van der Waals surface area contributed by atoms with Gasteiger partial charge in [-0.2, -0.15) is 0 Å². The molecule has 0 amide bonds. The van der Waals surface area contributed by atoms with E-state index < -0.39 is 23.2 Å². The third-order valence-corrected chi connectivity index (χ3v) is 10.7. The van der Waals surface area contributed by atoms with Gasteiger partial charge in [-0.05, 0) is 0 Å². The molecule has 0 radical (unpaired) electrons. The molecule has 0 bridgehead atoms. The van der Waals surface area contributed by atoms with Gasteiger partial charge in [0.25, 0.3) is 0 Å². The molecule has 0 saturated heterocycles. The first-order valence-corrected chi connectivity index (χ1v) is 13.3. The Morgan fingerprint density at radius 3 is 1.29 bits per heavy atom. The van der Waals surface area contributed by atoms with Crippen molar-refractivity contribution in [3.63, 3.8) is 0 Å². The fraction of sp³-hybridized carbons (Fsp3) is 0.286. The van der Waals surface area contributed by atoms with Gasteiger partial charge in [-0.1, -0.05) is 0 Å². The van der Waals surface area contributed by atoms with Crippen molar-refractivity contribution in [2.75, 3.05) is 0 Å². The Bertz CT molecular complexity index is 950. The van der Waals surface area contributed by atoms with E-state index in [4.69, 9.17) is 0 Å². The number of halogens is 2. The minimum Gasteiger partial charge on any atom is -1.00 e. The summed E-state index contributed by atoms with van der Waals surface area (Å²) in [5, 5.41) is 0.